The Morgan fingerprint density at radius 2 is 2.26 bits per heavy atom. The van der Waals surface area contributed by atoms with E-state index < -0.39 is 0 Å². The molecule has 1 heterocycles. The summed E-state index contributed by atoms with van der Waals surface area (Å²) in [5, 5.41) is 6.39. The van der Waals surface area contributed by atoms with Crippen molar-refractivity contribution in [1.82, 2.24) is 5.32 Å². The van der Waals surface area contributed by atoms with Gasteiger partial charge in [0, 0.05) is 12.6 Å². The van der Waals surface area contributed by atoms with Crippen molar-refractivity contribution in [2.24, 2.45) is 0 Å². The van der Waals surface area contributed by atoms with Crippen molar-refractivity contribution >= 4 is 11.6 Å². The molecule has 0 spiro atoms. The molecule has 0 saturated carbocycles. The maximum Gasteiger partial charge on any atom is 0.262 e. The molecule has 0 radical (unpaired) electrons. The van der Waals surface area contributed by atoms with E-state index in [1.165, 1.54) is 18.4 Å². The summed E-state index contributed by atoms with van der Waals surface area (Å²) in [6.07, 6.45) is 3.53. The molecule has 1 aliphatic rings. The number of carbonyl (C=O) groups is 1. The van der Waals surface area contributed by atoms with Crippen molar-refractivity contribution in [3.63, 3.8) is 0 Å². The number of carbonyl (C=O) groups excluding carboxylic acids is 1. The Hall–Kier alpha value is -1.55. The smallest absolute Gasteiger partial charge is 0.262 e. The van der Waals surface area contributed by atoms with Gasteiger partial charge in [-0.25, -0.2) is 0 Å². The molecule has 1 aliphatic heterocycles. The van der Waals surface area contributed by atoms with Gasteiger partial charge < -0.3 is 15.4 Å². The van der Waals surface area contributed by atoms with Crippen molar-refractivity contribution in [2.45, 2.75) is 45.7 Å². The molecule has 4 nitrogen and oxygen atoms in total. The second-order valence-corrected chi connectivity index (χ2v) is 4.94. The van der Waals surface area contributed by atoms with Crippen LogP contribution in [0.1, 0.15) is 38.7 Å². The summed E-state index contributed by atoms with van der Waals surface area (Å²) in [6, 6.07) is 6.51. The van der Waals surface area contributed by atoms with Gasteiger partial charge in [-0.1, -0.05) is 26.3 Å². The largest absolute Gasteiger partial charge is 0.482 e. The monoisotopic (exact) mass is 262 g/mol. The minimum absolute atomic E-state index is 0.0879. The zero-order valence-electron chi connectivity index (χ0n) is 11.7. The Labute approximate surface area is 114 Å². The highest BCUT2D eigenvalue weighted by Crippen LogP contribution is 2.28. The Morgan fingerprint density at radius 3 is 3.00 bits per heavy atom. The van der Waals surface area contributed by atoms with Gasteiger partial charge in [-0.05, 0) is 30.5 Å². The minimum Gasteiger partial charge on any atom is -0.482 e. The van der Waals surface area contributed by atoms with Crippen molar-refractivity contribution in [2.75, 3.05) is 11.9 Å². The molecule has 4 heteroatoms. The molecule has 0 aliphatic carbocycles. The van der Waals surface area contributed by atoms with Crippen molar-refractivity contribution in [1.29, 1.82) is 0 Å². The summed E-state index contributed by atoms with van der Waals surface area (Å²) in [6.45, 7) is 5.34. The first-order valence-electron chi connectivity index (χ1n) is 7.02. The molecule has 2 rings (SSSR count). The quantitative estimate of drug-likeness (QED) is 0.828. The van der Waals surface area contributed by atoms with Crippen LogP contribution in [-0.4, -0.2) is 18.6 Å². The number of ether oxygens (including phenoxy) is 1. The van der Waals surface area contributed by atoms with Crippen LogP contribution >= 0.6 is 0 Å². The summed E-state index contributed by atoms with van der Waals surface area (Å²) in [5.41, 5.74) is 1.94. The van der Waals surface area contributed by atoms with E-state index in [-0.39, 0.29) is 12.5 Å². The topological polar surface area (TPSA) is 50.4 Å². The first-order chi connectivity index (χ1) is 9.22. The van der Waals surface area contributed by atoms with Gasteiger partial charge in [-0.2, -0.15) is 0 Å². The second-order valence-electron chi connectivity index (χ2n) is 4.94. The van der Waals surface area contributed by atoms with E-state index in [2.05, 4.69) is 24.5 Å². The number of hydrogen-bond acceptors (Lipinski definition) is 3. The molecular weight excluding hydrogens is 240 g/mol. The lowest BCUT2D eigenvalue weighted by atomic mass is 10.1. The number of hydrogen-bond donors (Lipinski definition) is 2. The van der Waals surface area contributed by atoms with Gasteiger partial charge in [0.2, 0.25) is 0 Å². The van der Waals surface area contributed by atoms with Gasteiger partial charge in [0.05, 0.1) is 5.69 Å². The fourth-order valence-electron chi connectivity index (χ4n) is 2.30. The molecule has 1 aromatic carbocycles. The molecule has 0 saturated heterocycles. The molecule has 1 atom stereocenters. The molecule has 1 amide bonds. The Bertz CT molecular complexity index is 446. The average Bonchev–Trinajstić information content (AvgIpc) is 2.43. The molecule has 2 N–H and O–H groups in total. The highest BCUT2D eigenvalue weighted by molar-refractivity contribution is 5.95. The molecule has 0 aromatic heterocycles. The molecule has 19 heavy (non-hydrogen) atoms. The van der Waals surface area contributed by atoms with Gasteiger partial charge in [-0.3, -0.25) is 4.79 Å². The fraction of sp³-hybridized carbons (Fsp3) is 0.533. The Morgan fingerprint density at radius 1 is 1.42 bits per heavy atom. The van der Waals surface area contributed by atoms with Gasteiger partial charge in [0.15, 0.2) is 6.61 Å². The zero-order valence-corrected chi connectivity index (χ0v) is 11.7. The average molecular weight is 262 g/mol. The van der Waals surface area contributed by atoms with Crippen LogP contribution in [0, 0.1) is 0 Å². The lowest BCUT2D eigenvalue weighted by Crippen LogP contribution is -2.28. The predicted octanol–water partition coefficient (Wildman–Crippen LogP) is 2.69. The summed E-state index contributed by atoms with van der Waals surface area (Å²) in [5.74, 6) is 0.666. The number of benzene rings is 1. The minimum atomic E-state index is -0.0879. The van der Waals surface area contributed by atoms with Crippen LogP contribution in [0.2, 0.25) is 0 Å². The van der Waals surface area contributed by atoms with Crippen LogP contribution in [0.3, 0.4) is 0 Å². The summed E-state index contributed by atoms with van der Waals surface area (Å²) in [7, 11) is 0. The first-order valence-corrected chi connectivity index (χ1v) is 7.02. The maximum absolute atomic E-state index is 11.3. The SMILES string of the molecule is CCCC(CC)NCc1ccc2c(c1)NC(=O)CO2. The number of rotatable bonds is 6. The van der Waals surface area contributed by atoms with E-state index in [9.17, 15) is 4.79 Å². The summed E-state index contributed by atoms with van der Waals surface area (Å²) >= 11 is 0. The van der Waals surface area contributed by atoms with Gasteiger partial charge in [0.1, 0.15) is 5.75 Å². The van der Waals surface area contributed by atoms with Crippen LogP contribution in [0.4, 0.5) is 5.69 Å². The highest BCUT2D eigenvalue weighted by atomic mass is 16.5. The van der Waals surface area contributed by atoms with E-state index in [1.54, 1.807) is 0 Å². The molecular formula is C15H22N2O2. The standard InChI is InChI=1S/C15H22N2O2/c1-3-5-12(4-2)16-9-11-6-7-14-13(8-11)17-15(18)10-19-14/h6-8,12,16H,3-5,9-10H2,1-2H3,(H,17,18). The first kappa shape index (κ1) is 13.9. The van der Waals surface area contributed by atoms with E-state index >= 15 is 0 Å². The molecule has 1 unspecified atom stereocenters. The van der Waals surface area contributed by atoms with Crippen molar-refractivity contribution in [3.8, 4) is 5.75 Å². The normalized spacial score (nSPS) is 15.4. The van der Waals surface area contributed by atoms with Crippen LogP contribution in [0.25, 0.3) is 0 Å². The van der Waals surface area contributed by atoms with Crippen LogP contribution in [0.15, 0.2) is 18.2 Å². The summed E-state index contributed by atoms with van der Waals surface area (Å²) in [4.78, 5) is 11.3. The van der Waals surface area contributed by atoms with Crippen molar-refractivity contribution in [3.05, 3.63) is 23.8 Å². The van der Waals surface area contributed by atoms with Gasteiger partial charge >= 0.3 is 0 Å². The number of amides is 1. The van der Waals surface area contributed by atoms with Gasteiger partial charge in [0.25, 0.3) is 5.91 Å². The van der Waals surface area contributed by atoms with Crippen molar-refractivity contribution < 1.29 is 9.53 Å². The van der Waals surface area contributed by atoms with Gasteiger partial charge in [-0.15, -0.1) is 0 Å². The number of nitrogens with one attached hydrogen (secondary N) is 2. The third kappa shape index (κ3) is 3.70. The third-order valence-corrected chi connectivity index (χ3v) is 3.40. The number of anilines is 1. The second kappa shape index (κ2) is 6.57. The highest BCUT2D eigenvalue weighted by Gasteiger charge is 2.15. The Kier molecular flexibility index (Phi) is 4.80. The van der Waals surface area contributed by atoms with E-state index in [1.807, 2.05) is 18.2 Å². The third-order valence-electron chi connectivity index (χ3n) is 3.40. The number of fused-ring (bicyclic) bond motifs is 1. The lowest BCUT2D eigenvalue weighted by Gasteiger charge is -2.20. The lowest BCUT2D eigenvalue weighted by molar-refractivity contribution is -0.118. The molecule has 1 aromatic rings. The van der Waals surface area contributed by atoms with E-state index in [4.69, 9.17) is 4.74 Å². The van der Waals surface area contributed by atoms with E-state index in [0.29, 0.717) is 6.04 Å². The molecule has 0 bridgehead atoms. The summed E-state index contributed by atoms with van der Waals surface area (Å²) < 4.78 is 5.34. The van der Waals surface area contributed by atoms with Crippen LogP contribution < -0.4 is 15.4 Å². The maximum atomic E-state index is 11.3. The zero-order chi connectivity index (χ0) is 13.7. The van der Waals surface area contributed by atoms with Crippen LogP contribution in [-0.2, 0) is 11.3 Å². The fourth-order valence-corrected chi connectivity index (χ4v) is 2.30. The molecule has 0 fully saturated rings. The van der Waals surface area contributed by atoms with Crippen LogP contribution in [0.5, 0.6) is 5.75 Å². The molecule has 104 valence electrons. The Balaban J connectivity index is 1.98. The predicted molar refractivity (Wildman–Crippen MR) is 76.4 cm³/mol. The van der Waals surface area contributed by atoms with E-state index in [0.717, 1.165) is 24.4 Å².